The minimum absolute atomic E-state index is 0.0807. The number of esters is 1. The molecule has 0 aliphatic rings. The van der Waals surface area contributed by atoms with Gasteiger partial charge in [-0.05, 0) is 38.5 Å². The third-order valence-corrected chi connectivity index (χ3v) is 11.2. The summed E-state index contributed by atoms with van der Waals surface area (Å²) in [6.45, 7) is 3.57. The van der Waals surface area contributed by atoms with E-state index in [1.807, 2.05) is 0 Å². The van der Waals surface area contributed by atoms with E-state index >= 15 is 0 Å². The normalized spacial score (nSPS) is 13.3. The number of hydrogen-bond donors (Lipinski definition) is 3. The van der Waals surface area contributed by atoms with Crippen molar-refractivity contribution in [2.75, 3.05) is 26.4 Å². The number of carbonyl (C=O) groups is 2. The molecule has 0 bridgehead atoms. The molecule has 0 aromatic rings. The number of phosphoric ester groups is 1. The maximum absolute atomic E-state index is 12.1. The van der Waals surface area contributed by atoms with Crippen LogP contribution in [-0.2, 0) is 27.9 Å². The molecular formula is C45H88NO8P. The monoisotopic (exact) mass is 802 g/mol. The van der Waals surface area contributed by atoms with Crippen LogP contribution in [0.4, 0.5) is 0 Å². The Morgan fingerprint density at radius 2 is 0.927 bits per heavy atom. The summed E-state index contributed by atoms with van der Waals surface area (Å²) >= 11 is 0. The Hall–Kier alpha value is -1.25. The second-order valence-electron chi connectivity index (χ2n) is 15.7. The topological polar surface area (TPSA) is 131 Å². The van der Waals surface area contributed by atoms with E-state index in [4.69, 9.17) is 13.8 Å². The van der Waals surface area contributed by atoms with Crippen LogP contribution in [0, 0.1) is 0 Å². The zero-order chi connectivity index (χ0) is 40.3. The zero-order valence-corrected chi connectivity index (χ0v) is 36.8. The first kappa shape index (κ1) is 53.8. The molecule has 0 fully saturated rings. The smallest absolute Gasteiger partial charge is 0.463 e. The van der Waals surface area contributed by atoms with E-state index in [1.54, 1.807) is 0 Å². The summed E-state index contributed by atoms with van der Waals surface area (Å²) in [5.41, 5.74) is 0. The molecule has 3 N–H and O–H groups in total. The predicted molar refractivity (Wildman–Crippen MR) is 229 cm³/mol. The first-order chi connectivity index (χ1) is 26.8. The quantitative estimate of drug-likeness (QED) is 0.0240. The molecule has 0 spiro atoms. The number of unbranched alkanes of at least 4 members (excludes halogenated alkanes) is 29. The summed E-state index contributed by atoms with van der Waals surface area (Å²) in [4.78, 5) is 33.9. The van der Waals surface area contributed by atoms with Crippen molar-refractivity contribution in [3.05, 3.63) is 12.2 Å². The Balaban J connectivity index is 3.54. The fourth-order valence-electron chi connectivity index (χ4n) is 6.67. The van der Waals surface area contributed by atoms with Crippen LogP contribution in [-0.4, -0.2) is 54.3 Å². The minimum atomic E-state index is -4.41. The Morgan fingerprint density at radius 1 is 0.545 bits per heavy atom. The van der Waals surface area contributed by atoms with Crippen LogP contribution in [0.25, 0.3) is 0 Å². The van der Waals surface area contributed by atoms with E-state index in [2.05, 4.69) is 31.3 Å². The van der Waals surface area contributed by atoms with Crippen LogP contribution < -0.4 is 5.32 Å². The Morgan fingerprint density at radius 3 is 1.36 bits per heavy atom. The van der Waals surface area contributed by atoms with E-state index in [0.717, 1.165) is 44.9 Å². The molecule has 1 amide bonds. The van der Waals surface area contributed by atoms with E-state index < -0.39 is 26.5 Å². The maximum atomic E-state index is 12.1. The van der Waals surface area contributed by atoms with Gasteiger partial charge in [-0.2, -0.15) is 0 Å². The van der Waals surface area contributed by atoms with Crippen molar-refractivity contribution < 1.29 is 37.9 Å². The van der Waals surface area contributed by atoms with Gasteiger partial charge in [0.2, 0.25) is 5.91 Å². The van der Waals surface area contributed by atoms with Gasteiger partial charge in [-0.25, -0.2) is 4.57 Å². The molecule has 2 unspecified atom stereocenters. The molecule has 0 saturated heterocycles. The molecule has 0 aliphatic heterocycles. The number of ether oxygens (including phenoxy) is 1. The van der Waals surface area contributed by atoms with E-state index in [0.29, 0.717) is 6.42 Å². The Bertz CT molecular complexity index is 917. The van der Waals surface area contributed by atoms with Crippen molar-refractivity contribution in [1.29, 1.82) is 0 Å². The SMILES string of the molecule is CCCCCCC/C=C\CCCCCCCC(=O)NCCOP(=O)(O)OCC(O)COC(=O)CCCCCCCCCCCCCCCCCCCCCC. The van der Waals surface area contributed by atoms with Crippen molar-refractivity contribution in [2.45, 2.75) is 238 Å². The summed E-state index contributed by atoms with van der Waals surface area (Å²) in [5, 5.41) is 12.7. The van der Waals surface area contributed by atoms with Crippen LogP contribution in [0.1, 0.15) is 232 Å². The van der Waals surface area contributed by atoms with Gasteiger partial charge in [0.25, 0.3) is 0 Å². The van der Waals surface area contributed by atoms with Gasteiger partial charge in [0.15, 0.2) is 0 Å². The van der Waals surface area contributed by atoms with Crippen molar-refractivity contribution in [2.24, 2.45) is 0 Å². The average Bonchev–Trinajstić information content (AvgIpc) is 3.17. The fourth-order valence-corrected chi connectivity index (χ4v) is 7.43. The van der Waals surface area contributed by atoms with Crippen LogP contribution in [0.5, 0.6) is 0 Å². The third kappa shape index (κ3) is 43.7. The summed E-state index contributed by atoms with van der Waals surface area (Å²) in [5.74, 6) is -0.515. The van der Waals surface area contributed by atoms with Crippen molar-refractivity contribution in [3.63, 3.8) is 0 Å². The molecule has 0 aromatic heterocycles. The standard InChI is InChI=1S/C45H88NO8P/c1-3-5-7-9-11-13-15-17-19-20-21-22-23-24-26-28-30-32-34-36-38-45(49)52-41-43(47)42-54-55(50,51)53-40-39-46-44(48)37-35-33-31-29-27-25-18-16-14-12-10-8-6-4-2/h16,18,43,47H,3-15,17,19-42H2,1-2H3,(H,46,48)(H,50,51)/b18-16-. The maximum Gasteiger partial charge on any atom is 0.472 e. The van der Waals surface area contributed by atoms with Gasteiger partial charge in [0, 0.05) is 19.4 Å². The Labute approximate surface area is 338 Å². The number of carbonyl (C=O) groups excluding carboxylic acids is 2. The number of amides is 1. The molecule has 9 nitrogen and oxygen atoms in total. The number of nitrogens with one attached hydrogen (secondary N) is 1. The van der Waals surface area contributed by atoms with Crippen molar-refractivity contribution in [1.82, 2.24) is 5.32 Å². The zero-order valence-electron chi connectivity index (χ0n) is 35.9. The predicted octanol–water partition coefficient (Wildman–Crippen LogP) is 13.0. The first-order valence-corrected chi connectivity index (χ1v) is 24.7. The van der Waals surface area contributed by atoms with Gasteiger partial charge in [0.1, 0.15) is 12.7 Å². The van der Waals surface area contributed by atoms with Crippen molar-refractivity contribution in [3.8, 4) is 0 Å². The van der Waals surface area contributed by atoms with Gasteiger partial charge in [-0.3, -0.25) is 18.6 Å². The molecule has 0 rings (SSSR count). The van der Waals surface area contributed by atoms with Gasteiger partial charge < -0.3 is 20.1 Å². The molecule has 326 valence electrons. The molecule has 55 heavy (non-hydrogen) atoms. The molecule has 10 heteroatoms. The van der Waals surface area contributed by atoms with E-state index in [1.165, 1.54) is 161 Å². The molecular weight excluding hydrogens is 713 g/mol. The molecule has 0 heterocycles. The highest BCUT2D eigenvalue weighted by Crippen LogP contribution is 2.42. The van der Waals surface area contributed by atoms with Crippen molar-refractivity contribution >= 4 is 19.7 Å². The second-order valence-corrected chi connectivity index (χ2v) is 17.2. The highest BCUT2D eigenvalue weighted by Gasteiger charge is 2.23. The summed E-state index contributed by atoms with van der Waals surface area (Å²) in [7, 11) is -4.41. The number of hydrogen-bond acceptors (Lipinski definition) is 7. The van der Waals surface area contributed by atoms with Crippen LogP contribution in [0.2, 0.25) is 0 Å². The number of aliphatic hydroxyl groups is 1. The molecule has 0 aliphatic carbocycles. The highest BCUT2D eigenvalue weighted by atomic mass is 31.2. The molecule has 2 atom stereocenters. The summed E-state index contributed by atoms with van der Waals surface area (Å²) in [6, 6.07) is 0. The molecule has 0 saturated carbocycles. The van der Waals surface area contributed by atoms with Gasteiger partial charge in [0.05, 0.1) is 13.2 Å². The first-order valence-electron chi connectivity index (χ1n) is 23.2. The lowest BCUT2D eigenvalue weighted by molar-refractivity contribution is -0.147. The number of rotatable bonds is 44. The molecule has 0 aromatic carbocycles. The van der Waals surface area contributed by atoms with E-state index in [-0.39, 0.29) is 32.1 Å². The number of aliphatic hydroxyl groups excluding tert-OH is 1. The summed E-state index contributed by atoms with van der Waals surface area (Å²) in [6.07, 6.45) is 44.3. The third-order valence-electron chi connectivity index (χ3n) is 10.2. The van der Waals surface area contributed by atoms with Crippen LogP contribution in [0.15, 0.2) is 12.2 Å². The largest absolute Gasteiger partial charge is 0.472 e. The lowest BCUT2D eigenvalue weighted by Gasteiger charge is -2.15. The van der Waals surface area contributed by atoms with Gasteiger partial charge in [-0.15, -0.1) is 0 Å². The average molecular weight is 802 g/mol. The van der Waals surface area contributed by atoms with E-state index in [9.17, 15) is 24.2 Å². The number of phosphoric acid groups is 1. The van der Waals surface area contributed by atoms with Crippen LogP contribution in [0.3, 0.4) is 0 Å². The minimum Gasteiger partial charge on any atom is -0.463 e. The fraction of sp³-hybridized carbons (Fsp3) is 0.911. The summed E-state index contributed by atoms with van der Waals surface area (Å²) < 4.78 is 26.9. The second kappa shape index (κ2) is 42.4. The highest BCUT2D eigenvalue weighted by molar-refractivity contribution is 7.47. The van der Waals surface area contributed by atoms with Gasteiger partial charge >= 0.3 is 13.8 Å². The lowest BCUT2D eigenvalue weighted by Crippen LogP contribution is -2.27. The number of allylic oxidation sites excluding steroid dienone is 2. The molecule has 0 radical (unpaired) electrons. The van der Waals surface area contributed by atoms with Gasteiger partial charge in [-0.1, -0.05) is 193 Å². The van der Waals surface area contributed by atoms with Crippen LogP contribution >= 0.6 is 7.82 Å². The Kier molecular flexibility index (Phi) is 41.4. The lowest BCUT2D eigenvalue weighted by atomic mass is 10.0.